The van der Waals surface area contributed by atoms with E-state index in [-0.39, 0.29) is 6.61 Å². The van der Waals surface area contributed by atoms with Crippen LogP contribution >= 0.6 is 0 Å². The Hall–Kier alpha value is -1.06. The number of benzene rings is 1. The van der Waals surface area contributed by atoms with Crippen LogP contribution in [0.15, 0.2) is 24.3 Å². The number of unbranched alkanes of at least 4 members (excludes halogenated alkanes) is 3. The van der Waals surface area contributed by atoms with Crippen LogP contribution in [0.1, 0.15) is 44.3 Å². The molecule has 0 saturated carbocycles. The van der Waals surface area contributed by atoms with E-state index < -0.39 is 6.10 Å². The van der Waals surface area contributed by atoms with Crippen LogP contribution in [0.25, 0.3) is 0 Å². The highest BCUT2D eigenvalue weighted by atomic mass is 16.5. The molecule has 0 unspecified atom stereocenters. The SMILES string of the molecule is C[C@H](O)c1ccccc1OCCCCCCO. The Morgan fingerprint density at radius 1 is 1.12 bits per heavy atom. The minimum Gasteiger partial charge on any atom is -0.493 e. The number of hydrogen-bond acceptors (Lipinski definition) is 3. The average molecular weight is 238 g/mol. The minimum absolute atomic E-state index is 0.270. The third kappa shape index (κ3) is 5.20. The monoisotopic (exact) mass is 238 g/mol. The molecule has 3 heteroatoms. The summed E-state index contributed by atoms with van der Waals surface area (Å²) in [6.07, 6.45) is 3.45. The highest BCUT2D eigenvalue weighted by Crippen LogP contribution is 2.24. The van der Waals surface area contributed by atoms with Gasteiger partial charge in [-0.25, -0.2) is 0 Å². The molecule has 17 heavy (non-hydrogen) atoms. The topological polar surface area (TPSA) is 49.7 Å². The number of aliphatic hydroxyl groups excluding tert-OH is 2. The second-order valence-corrected chi connectivity index (χ2v) is 4.20. The predicted molar refractivity (Wildman–Crippen MR) is 68.1 cm³/mol. The normalized spacial score (nSPS) is 12.4. The van der Waals surface area contributed by atoms with E-state index in [1.54, 1.807) is 6.92 Å². The Morgan fingerprint density at radius 2 is 1.82 bits per heavy atom. The van der Waals surface area contributed by atoms with E-state index in [0.29, 0.717) is 6.61 Å². The number of hydrogen-bond donors (Lipinski definition) is 2. The molecule has 0 aromatic heterocycles. The molecule has 0 fully saturated rings. The van der Waals surface area contributed by atoms with Crippen LogP contribution < -0.4 is 4.74 Å². The molecule has 96 valence electrons. The third-order valence-electron chi connectivity index (χ3n) is 2.68. The Morgan fingerprint density at radius 3 is 2.53 bits per heavy atom. The van der Waals surface area contributed by atoms with Gasteiger partial charge in [-0.3, -0.25) is 0 Å². The molecule has 0 aliphatic heterocycles. The Bertz CT molecular complexity index is 310. The van der Waals surface area contributed by atoms with Gasteiger partial charge in [-0.15, -0.1) is 0 Å². The lowest BCUT2D eigenvalue weighted by atomic mass is 10.1. The molecular weight excluding hydrogens is 216 g/mol. The van der Waals surface area contributed by atoms with E-state index >= 15 is 0 Å². The van der Waals surface area contributed by atoms with Crippen molar-refractivity contribution in [2.45, 2.75) is 38.7 Å². The smallest absolute Gasteiger partial charge is 0.125 e. The lowest BCUT2D eigenvalue weighted by Crippen LogP contribution is -2.02. The van der Waals surface area contributed by atoms with Crippen molar-refractivity contribution in [3.63, 3.8) is 0 Å². The fraction of sp³-hybridized carbons (Fsp3) is 0.571. The Balaban J connectivity index is 2.31. The first kappa shape index (κ1) is 14.0. The first-order chi connectivity index (χ1) is 8.25. The highest BCUT2D eigenvalue weighted by Gasteiger charge is 2.07. The van der Waals surface area contributed by atoms with E-state index in [1.807, 2.05) is 24.3 Å². The van der Waals surface area contributed by atoms with Crippen molar-refractivity contribution in [3.05, 3.63) is 29.8 Å². The van der Waals surface area contributed by atoms with Gasteiger partial charge in [0.05, 0.1) is 12.7 Å². The summed E-state index contributed by atoms with van der Waals surface area (Å²) < 4.78 is 5.66. The zero-order valence-electron chi connectivity index (χ0n) is 10.4. The molecule has 2 N–H and O–H groups in total. The lowest BCUT2D eigenvalue weighted by molar-refractivity contribution is 0.190. The van der Waals surface area contributed by atoms with Crippen molar-refractivity contribution < 1.29 is 14.9 Å². The predicted octanol–water partition coefficient (Wildman–Crippen LogP) is 2.67. The number of ether oxygens (including phenoxy) is 1. The van der Waals surface area contributed by atoms with Crippen molar-refractivity contribution in [1.29, 1.82) is 0 Å². The number of rotatable bonds is 8. The van der Waals surface area contributed by atoms with Crippen LogP contribution in [0.3, 0.4) is 0 Å². The molecule has 1 atom stereocenters. The van der Waals surface area contributed by atoms with E-state index in [2.05, 4.69) is 0 Å². The van der Waals surface area contributed by atoms with Crippen molar-refractivity contribution in [2.75, 3.05) is 13.2 Å². The number of aliphatic hydroxyl groups is 2. The summed E-state index contributed by atoms with van der Waals surface area (Å²) in [6.45, 7) is 2.67. The molecule has 0 aliphatic carbocycles. The summed E-state index contributed by atoms with van der Waals surface area (Å²) in [5, 5.41) is 18.2. The molecule has 0 aliphatic rings. The average Bonchev–Trinajstić information content (AvgIpc) is 2.34. The summed E-state index contributed by atoms with van der Waals surface area (Å²) in [7, 11) is 0. The molecule has 0 saturated heterocycles. The van der Waals surface area contributed by atoms with Gasteiger partial charge in [0.15, 0.2) is 0 Å². The van der Waals surface area contributed by atoms with Gasteiger partial charge in [0.25, 0.3) is 0 Å². The lowest BCUT2D eigenvalue weighted by Gasteiger charge is -2.13. The standard InChI is InChI=1S/C14H22O3/c1-12(16)13-8-4-5-9-14(13)17-11-7-3-2-6-10-15/h4-5,8-9,12,15-16H,2-3,6-7,10-11H2,1H3/t12-/m0/s1. The fourth-order valence-corrected chi connectivity index (χ4v) is 1.71. The molecule has 0 spiro atoms. The van der Waals surface area contributed by atoms with Gasteiger partial charge in [0.2, 0.25) is 0 Å². The molecule has 3 nitrogen and oxygen atoms in total. The quantitative estimate of drug-likeness (QED) is 0.685. The number of para-hydroxylation sites is 1. The fourth-order valence-electron chi connectivity index (χ4n) is 1.71. The molecule has 1 rings (SSSR count). The van der Waals surface area contributed by atoms with Crippen LogP contribution in [0.4, 0.5) is 0 Å². The van der Waals surface area contributed by atoms with E-state index in [4.69, 9.17) is 9.84 Å². The van der Waals surface area contributed by atoms with Crippen LogP contribution in [0, 0.1) is 0 Å². The van der Waals surface area contributed by atoms with Crippen LogP contribution in [0.5, 0.6) is 5.75 Å². The molecular formula is C14H22O3. The molecule has 0 bridgehead atoms. The minimum atomic E-state index is -0.499. The van der Waals surface area contributed by atoms with Crippen molar-refractivity contribution in [1.82, 2.24) is 0 Å². The van der Waals surface area contributed by atoms with Crippen molar-refractivity contribution >= 4 is 0 Å². The van der Waals surface area contributed by atoms with Gasteiger partial charge in [0.1, 0.15) is 5.75 Å². The van der Waals surface area contributed by atoms with Crippen LogP contribution in [-0.2, 0) is 0 Å². The van der Waals surface area contributed by atoms with Crippen molar-refractivity contribution in [2.24, 2.45) is 0 Å². The highest BCUT2D eigenvalue weighted by molar-refractivity contribution is 5.34. The van der Waals surface area contributed by atoms with E-state index in [9.17, 15) is 5.11 Å². The summed E-state index contributed by atoms with van der Waals surface area (Å²) >= 11 is 0. The Labute approximate surface area is 103 Å². The summed E-state index contributed by atoms with van der Waals surface area (Å²) in [4.78, 5) is 0. The van der Waals surface area contributed by atoms with E-state index in [1.165, 1.54) is 0 Å². The molecule has 0 heterocycles. The van der Waals surface area contributed by atoms with Gasteiger partial charge in [0, 0.05) is 12.2 Å². The summed E-state index contributed by atoms with van der Waals surface area (Å²) in [5.74, 6) is 0.768. The Kier molecular flexibility index (Phi) is 6.67. The first-order valence-electron chi connectivity index (χ1n) is 6.26. The van der Waals surface area contributed by atoms with Gasteiger partial charge < -0.3 is 14.9 Å². The molecule has 0 amide bonds. The maximum atomic E-state index is 9.57. The van der Waals surface area contributed by atoms with Crippen LogP contribution in [0.2, 0.25) is 0 Å². The summed E-state index contributed by atoms with van der Waals surface area (Å²) in [5.41, 5.74) is 0.836. The molecule has 1 aromatic rings. The molecule has 1 aromatic carbocycles. The van der Waals surface area contributed by atoms with Gasteiger partial charge in [-0.1, -0.05) is 24.6 Å². The zero-order valence-corrected chi connectivity index (χ0v) is 10.4. The largest absolute Gasteiger partial charge is 0.493 e. The van der Waals surface area contributed by atoms with Crippen LogP contribution in [-0.4, -0.2) is 23.4 Å². The zero-order chi connectivity index (χ0) is 12.5. The van der Waals surface area contributed by atoms with E-state index in [0.717, 1.165) is 37.0 Å². The van der Waals surface area contributed by atoms with Gasteiger partial charge >= 0.3 is 0 Å². The maximum absolute atomic E-state index is 9.57. The van der Waals surface area contributed by atoms with Crippen molar-refractivity contribution in [3.8, 4) is 5.75 Å². The summed E-state index contributed by atoms with van der Waals surface area (Å²) in [6, 6.07) is 7.57. The van der Waals surface area contributed by atoms with Gasteiger partial charge in [-0.2, -0.15) is 0 Å². The third-order valence-corrected chi connectivity index (χ3v) is 2.68. The maximum Gasteiger partial charge on any atom is 0.125 e. The van der Waals surface area contributed by atoms with Gasteiger partial charge in [-0.05, 0) is 32.3 Å². The second kappa shape index (κ2) is 8.09. The second-order valence-electron chi connectivity index (χ2n) is 4.20. The molecule has 0 radical (unpaired) electrons. The first-order valence-corrected chi connectivity index (χ1v) is 6.26.